The summed E-state index contributed by atoms with van der Waals surface area (Å²) in [5.74, 6) is 0.627. The van der Waals surface area contributed by atoms with Crippen LogP contribution in [0.15, 0.2) is 17.5 Å². The van der Waals surface area contributed by atoms with E-state index in [1.54, 1.807) is 0 Å². The minimum Gasteiger partial charge on any atom is -0.329 e. The highest BCUT2D eigenvalue weighted by atomic mass is 32.1. The molecule has 0 radical (unpaired) electrons. The van der Waals surface area contributed by atoms with Crippen molar-refractivity contribution < 1.29 is 0 Å². The van der Waals surface area contributed by atoms with Crippen molar-refractivity contribution >= 4 is 11.3 Å². The molecule has 0 aliphatic carbocycles. The fourth-order valence-electron chi connectivity index (χ4n) is 1.76. The van der Waals surface area contributed by atoms with E-state index < -0.39 is 0 Å². The van der Waals surface area contributed by atoms with E-state index in [1.165, 1.54) is 24.1 Å². The molecule has 16 heavy (non-hydrogen) atoms. The standard InChI is InChI=1S/C13H24N2S/c1-11(2)13(10-14)15-8-4-3-6-12-7-5-9-16-12/h5,7,9,11,13,15H,3-4,6,8,10,14H2,1-2H3. The molecular weight excluding hydrogens is 216 g/mol. The van der Waals surface area contributed by atoms with Crippen LogP contribution in [0.5, 0.6) is 0 Å². The fourth-order valence-corrected chi connectivity index (χ4v) is 2.51. The Kier molecular flexibility index (Phi) is 6.69. The largest absolute Gasteiger partial charge is 0.329 e. The van der Waals surface area contributed by atoms with Gasteiger partial charge in [-0.2, -0.15) is 0 Å². The lowest BCUT2D eigenvalue weighted by atomic mass is 10.0. The van der Waals surface area contributed by atoms with Crippen molar-refractivity contribution in [3.8, 4) is 0 Å². The minimum absolute atomic E-state index is 0.474. The van der Waals surface area contributed by atoms with Crippen LogP contribution in [0.2, 0.25) is 0 Å². The molecular formula is C13H24N2S. The summed E-state index contributed by atoms with van der Waals surface area (Å²) in [6, 6.07) is 4.82. The second-order valence-electron chi connectivity index (χ2n) is 4.58. The molecule has 1 aromatic rings. The number of hydrogen-bond acceptors (Lipinski definition) is 3. The van der Waals surface area contributed by atoms with Crippen LogP contribution in [0.25, 0.3) is 0 Å². The topological polar surface area (TPSA) is 38.0 Å². The maximum Gasteiger partial charge on any atom is 0.0213 e. The van der Waals surface area contributed by atoms with E-state index in [4.69, 9.17) is 5.73 Å². The predicted molar refractivity (Wildman–Crippen MR) is 72.9 cm³/mol. The first-order chi connectivity index (χ1) is 7.74. The summed E-state index contributed by atoms with van der Waals surface area (Å²) < 4.78 is 0. The van der Waals surface area contributed by atoms with Crippen LogP contribution >= 0.6 is 11.3 Å². The van der Waals surface area contributed by atoms with E-state index in [0.29, 0.717) is 12.0 Å². The highest BCUT2D eigenvalue weighted by molar-refractivity contribution is 7.09. The molecule has 3 N–H and O–H groups in total. The summed E-state index contributed by atoms with van der Waals surface area (Å²) in [7, 11) is 0. The molecule has 2 nitrogen and oxygen atoms in total. The Morgan fingerprint density at radius 3 is 2.75 bits per heavy atom. The van der Waals surface area contributed by atoms with Crippen LogP contribution in [-0.2, 0) is 6.42 Å². The Hall–Kier alpha value is -0.380. The first-order valence-electron chi connectivity index (χ1n) is 6.20. The Balaban J connectivity index is 2.03. The SMILES string of the molecule is CC(C)C(CN)NCCCCc1cccs1. The average Bonchev–Trinajstić information content (AvgIpc) is 2.75. The highest BCUT2D eigenvalue weighted by Crippen LogP contribution is 2.11. The van der Waals surface area contributed by atoms with Gasteiger partial charge < -0.3 is 11.1 Å². The highest BCUT2D eigenvalue weighted by Gasteiger charge is 2.09. The number of hydrogen-bond donors (Lipinski definition) is 2. The van der Waals surface area contributed by atoms with Crippen LogP contribution in [0.4, 0.5) is 0 Å². The van der Waals surface area contributed by atoms with Gasteiger partial charge in [0.15, 0.2) is 0 Å². The lowest BCUT2D eigenvalue weighted by Gasteiger charge is -2.20. The zero-order valence-electron chi connectivity index (χ0n) is 10.4. The molecule has 0 aliphatic rings. The molecule has 1 rings (SSSR count). The molecule has 0 fully saturated rings. The van der Waals surface area contributed by atoms with Gasteiger partial charge in [0.1, 0.15) is 0 Å². The normalized spacial score (nSPS) is 13.2. The van der Waals surface area contributed by atoms with Gasteiger partial charge in [0.2, 0.25) is 0 Å². The summed E-state index contributed by atoms with van der Waals surface area (Å²) in [4.78, 5) is 1.50. The third-order valence-electron chi connectivity index (χ3n) is 2.90. The van der Waals surface area contributed by atoms with Crippen LogP contribution < -0.4 is 11.1 Å². The molecule has 1 unspecified atom stereocenters. The lowest BCUT2D eigenvalue weighted by Crippen LogP contribution is -2.40. The third-order valence-corrected chi connectivity index (χ3v) is 3.83. The summed E-state index contributed by atoms with van der Waals surface area (Å²) in [5, 5.41) is 5.68. The van der Waals surface area contributed by atoms with Crippen LogP contribution in [-0.4, -0.2) is 19.1 Å². The van der Waals surface area contributed by atoms with E-state index in [9.17, 15) is 0 Å². The Morgan fingerprint density at radius 2 is 2.19 bits per heavy atom. The quantitative estimate of drug-likeness (QED) is 0.686. The van der Waals surface area contributed by atoms with Crippen LogP contribution in [0.3, 0.4) is 0 Å². The summed E-state index contributed by atoms with van der Waals surface area (Å²) in [5.41, 5.74) is 5.70. The van der Waals surface area contributed by atoms with Crippen molar-refractivity contribution in [3.05, 3.63) is 22.4 Å². The Bertz CT molecular complexity index is 257. The molecule has 0 spiro atoms. The molecule has 3 heteroatoms. The van der Waals surface area contributed by atoms with E-state index in [1.807, 2.05) is 11.3 Å². The number of rotatable bonds is 8. The molecule has 0 amide bonds. The molecule has 92 valence electrons. The van der Waals surface area contributed by atoms with Gasteiger partial charge in [-0.1, -0.05) is 19.9 Å². The summed E-state index contributed by atoms with van der Waals surface area (Å²) in [6.07, 6.45) is 3.72. The van der Waals surface area contributed by atoms with E-state index in [0.717, 1.165) is 13.1 Å². The predicted octanol–water partition coefficient (Wildman–Crippen LogP) is 2.64. The number of nitrogens with one attached hydrogen (secondary N) is 1. The van der Waals surface area contributed by atoms with E-state index >= 15 is 0 Å². The van der Waals surface area contributed by atoms with Crippen molar-refractivity contribution in [2.45, 2.75) is 39.2 Å². The first kappa shape index (κ1) is 13.7. The number of nitrogens with two attached hydrogens (primary N) is 1. The van der Waals surface area contributed by atoms with E-state index in [-0.39, 0.29) is 0 Å². The smallest absolute Gasteiger partial charge is 0.0213 e. The van der Waals surface area contributed by atoms with Crippen LogP contribution in [0, 0.1) is 5.92 Å². The molecule has 0 bridgehead atoms. The van der Waals surface area contributed by atoms with Gasteiger partial charge in [-0.05, 0) is 43.2 Å². The number of aryl methyl sites for hydroxylation is 1. The zero-order chi connectivity index (χ0) is 11.8. The van der Waals surface area contributed by atoms with Gasteiger partial charge in [0, 0.05) is 17.5 Å². The number of thiophene rings is 1. The molecule has 0 aromatic carbocycles. The van der Waals surface area contributed by atoms with Gasteiger partial charge in [0.25, 0.3) is 0 Å². The summed E-state index contributed by atoms with van der Waals surface area (Å²) in [6.45, 7) is 6.26. The second kappa shape index (κ2) is 7.82. The van der Waals surface area contributed by atoms with Crippen molar-refractivity contribution in [2.24, 2.45) is 11.7 Å². The van der Waals surface area contributed by atoms with Gasteiger partial charge in [0.05, 0.1) is 0 Å². The van der Waals surface area contributed by atoms with Crippen molar-refractivity contribution in [2.75, 3.05) is 13.1 Å². The van der Waals surface area contributed by atoms with Gasteiger partial charge in [-0.3, -0.25) is 0 Å². The number of unbranched alkanes of at least 4 members (excludes halogenated alkanes) is 1. The Morgan fingerprint density at radius 1 is 1.38 bits per heavy atom. The van der Waals surface area contributed by atoms with Gasteiger partial charge in [-0.15, -0.1) is 11.3 Å². The molecule has 1 aromatic heterocycles. The fraction of sp³-hybridized carbons (Fsp3) is 0.692. The van der Waals surface area contributed by atoms with Crippen LogP contribution in [0.1, 0.15) is 31.6 Å². The first-order valence-corrected chi connectivity index (χ1v) is 7.08. The summed E-state index contributed by atoms with van der Waals surface area (Å²) >= 11 is 1.86. The van der Waals surface area contributed by atoms with Crippen molar-refractivity contribution in [3.63, 3.8) is 0 Å². The third kappa shape index (κ3) is 5.10. The molecule has 0 saturated heterocycles. The van der Waals surface area contributed by atoms with Gasteiger partial charge >= 0.3 is 0 Å². The second-order valence-corrected chi connectivity index (χ2v) is 5.61. The zero-order valence-corrected chi connectivity index (χ0v) is 11.2. The van der Waals surface area contributed by atoms with Crippen molar-refractivity contribution in [1.29, 1.82) is 0 Å². The molecule has 0 saturated carbocycles. The maximum absolute atomic E-state index is 5.70. The van der Waals surface area contributed by atoms with Gasteiger partial charge in [-0.25, -0.2) is 0 Å². The molecule has 0 aliphatic heterocycles. The van der Waals surface area contributed by atoms with E-state index in [2.05, 4.69) is 36.7 Å². The monoisotopic (exact) mass is 240 g/mol. The van der Waals surface area contributed by atoms with Crippen molar-refractivity contribution in [1.82, 2.24) is 5.32 Å². The molecule has 1 atom stereocenters. The molecule has 1 heterocycles. The lowest BCUT2D eigenvalue weighted by molar-refractivity contribution is 0.402. The average molecular weight is 240 g/mol. The Labute approximate surface area is 103 Å². The minimum atomic E-state index is 0.474. The maximum atomic E-state index is 5.70.